The molecule has 33 heavy (non-hydrogen) atoms. The zero-order valence-corrected chi connectivity index (χ0v) is 18.6. The van der Waals surface area contributed by atoms with Crippen LogP contribution in [0.4, 0.5) is 8.78 Å². The van der Waals surface area contributed by atoms with Gasteiger partial charge in [0.15, 0.2) is 17.7 Å². The summed E-state index contributed by atoms with van der Waals surface area (Å²) in [5.74, 6) is -2.10. The van der Waals surface area contributed by atoms with E-state index in [0.29, 0.717) is 11.4 Å². The van der Waals surface area contributed by atoms with Gasteiger partial charge in [-0.25, -0.2) is 8.78 Å². The second-order valence-corrected chi connectivity index (χ2v) is 8.36. The van der Waals surface area contributed by atoms with Gasteiger partial charge in [0.2, 0.25) is 0 Å². The lowest BCUT2D eigenvalue weighted by Gasteiger charge is -2.15. The number of para-hydroxylation sites is 1. The quantitative estimate of drug-likeness (QED) is 0.418. The number of nitrogens with one attached hydrogen (secondary N) is 2. The van der Waals surface area contributed by atoms with Crippen molar-refractivity contribution in [3.63, 3.8) is 0 Å². The Kier molecular flexibility index (Phi) is 6.36. The fraction of sp³-hybridized carbons (Fsp3) is 0.174. The van der Waals surface area contributed by atoms with E-state index in [2.05, 4.69) is 16.0 Å². The lowest BCUT2D eigenvalue weighted by molar-refractivity contribution is -0.128. The van der Waals surface area contributed by atoms with Crippen LogP contribution in [0.2, 0.25) is 0 Å². The van der Waals surface area contributed by atoms with Crippen molar-refractivity contribution >= 4 is 33.4 Å². The van der Waals surface area contributed by atoms with Crippen LogP contribution in [0.25, 0.3) is 10.2 Å². The number of halogens is 2. The van der Waals surface area contributed by atoms with Gasteiger partial charge in [-0.05, 0) is 49.7 Å². The summed E-state index contributed by atoms with van der Waals surface area (Å²) in [6.07, 6.45) is -1.03. The highest BCUT2D eigenvalue weighted by atomic mass is 32.1. The number of hydrogen-bond acceptors (Lipinski definition) is 5. The number of nitrogens with zero attached hydrogens (tertiary/aromatic N) is 2. The van der Waals surface area contributed by atoms with Crippen LogP contribution in [0.3, 0.4) is 0 Å². The van der Waals surface area contributed by atoms with E-state index < -0.39 is 23.7 Å². The monoisotopic (exact) mass is 470 g/mol. The Hall–Kier alpha value is -3.79. The van der Waals surface area contributed by atoms with Crippen molar-refractivity contribution in [1.29, 1.82) is 0 Å². The third-order valence-electron chi connectivity index (χ3n) is 4.89. The molecule has 0 aliphatic carbocycles. The molecule has 2 N–H and O–H groups in total. The Morgan fingerprint density at radius 3 is 2.58 bits per heavy atom. The van der Waals surface area contributed by atoms with Crippen LogP contribution < -0.4 is 15.6 Å². The van der Waals surface area contributed by atoms with E-state index in [0.717, 1.165) is 21.5 Å². The summed E-state index contributed by atoms with van der Waals surface area (Å²) < 4.78 is 33.9. The zero-order valence-electron chi connectivity index (χ0n) is 17.8. The lowest BCUT2D eigenvalue weighted by Crippen LogP contribution is -2.47. The molecule has 0 bridgehead atoms. The summed E-state index contributed by atoms with van der Waals surface area (Å²) in [4.78, 5) is 26.0. The molecular formula is C23H20F2N4O3S. The largest absolute Gasteiger partial charge is 0.478 e. The highest BCUT2D eigenvalue weighted by molar-refractivity contribution is 7.20. The third-order valence-corrected chi connectivity index (χ3v) is 6.03. The number of fused-ring (bicyclic) bond motifs is 1. The minimum absolute atomic E-state index is 0.0582. The van der Waals surface area contributed by atoms with E-state index in [1.54, 1.807) is 28.9 Å². The van der Waals surface area contributed by atoms with Crippen LogP contribution in [0, 0.1) is 18.6 Å². The summed E-state index contributed by atoms with van der Waals surface area (Å²) in [6.45, 7) is 3.70. The van der Waals surface area contributed by atoms with E-state index in [1.165, 1.54) is 48.6 Å². The van der Waals surface area contributed by atoms with Gasteiger partial charge in [-0.1, -0.05) is 24.3 Å². The minimum atomic E-state index is -1.03. The van der Waals surface area contributed by atoms with E-state index in [-0.39, 0.29) is 11.6 Å². The molecule has 4 aromatic rings. The van der Waals surface area contributed by atoms with E-state index in [1.807, 2.05) is 6.92 Å². The van der Waals surface area contributed by atoms with Gasteiger partial charge in [-0.3, -0.25) is 25.1 Å². The maximum absolute atomic E-state index is 13.7. The van der Waals surface area contributed by atoms with Gasteiger partial charge in [0, 0.05) is 5.39 Å². The second-order valence-electron chi connectivity index (χ2n) is 7.33. The van der Waals surface area contributed by atoms with Gasteiger partial charge in [0.25, 0.3) is 11.8 Å². The molecule has 2 amide bonds. The van der Waals surface area contributed by atoms with Crippen molar-refractivity contribution in [3.05, 3.63) is 82.4 Å². The fourth-order valence-electron chi connectivity index (χ4n) is 3.16. The predicted octanol–water partition coefficient (Wildman–Crippen LogP) is 3.96. The average Bonchev–Trinajstić information content (AvgIpc) is 3.36. The Morgan fingerprint density at radius 2 is 1.85 bits per heavy atom. The number of thiophene rings is 1. The lowest BCUT2D eigenvalue weighted by atomic mass is 10.2. The van der Waals surface area contributed by atoms with Crippen LogP contribution in [0.5, 0.6) is 5.75 Å². The molecule has 170 valence electrons. The molecule has 0 radical (unpaired) electrons. The average molecular weight is 471 g/mol. The first kappa shape index (κ1) is 22.4. The molecule has 1 atom stereocenters. The summed E-state index contributed by atoms with van der Waals surface area (Å²) in [5, 5.41) is 5.31. The third kappa shape index (κ3) is 5.01. The fourth-order valence-corrected chi connectivity index (χ4v) is 4.22. The second kappa shape index (κ2) is 9.37. The number of amides is 2. The summed E-state index contributed by atoms with van der Waals surface area (Å²) in [5.41, 5.74) is 6.27. The number of rotatable bonds is 6. The predicted molar refractivity (Wildman–Crippen MR) is 120 cm³/mol. The van der Waals surface area contributed by atoms with Gasteiger partial charge in [-0.2, -0.15) is 5.10 Å². The number of aryl methyl sites for hydroxylation is 1. The molecular weight excluding hydrogens is 450 g/mol. The van der Waals surface area contributed by atoms with Crippen LogP contribution in [0.1, 0.15) is 27.9 Å². The number of carbonyl (C=O) groups is 2. The van der Waals surface area contributed by atoms with Crippen molar-refractivity contribution < 1.29 is 23.1 Å². The summed E-state index contributed by atoms with van der Waals surface area (Å²) in [6, 6.07) is 13.6. The number of aromatic nitrogens is 2. The molecule has 2 aromatic carbocycles. The number of ether oxygens (including phenoxy) is 1. The molecule has 0 fully saturated rings. The van der Waals surface area contributed by atoms with Gasteiger partial charge in [-0.15, -0.1) is 11.3 Å². The smallest absolute Gasteiger partial charge is 0.279 e. The van der Waals surface area contributed by atoms with Crippen molar-refractivity contribution in [2.24, 2.45) is 0 Å². The molecule has 4 rings (SSSR count). The maximum atomic E-state index is 13.7. The van der Waals surface area contributed by atoms with Crippen LogP contribution >= 0.6 is 11.3 Å². The highest BCUT2D eigenvalue weighted by Gasteiger charge is 2.20. The van der Waals surface area contributed by atoms with E-state index in [9.17, 15) is 18.4 Å². The van der Waals surface area contributed by atoms with Crippen molar-refractivity contribution in [2.75, 3.05) is 0 Å². The first-order valence-electron chi connectivity index (χ1n) is 10.0. The Bertz CT molecular complexity index is 1320. The van der Waals surface area contributed by atoms with E-state index in [4.69, 9.17) is 4.74 Å². The first-order valence-corrected chi connectivity index (χ1v) is 10.9. The normalized spacial score (nSPS) is 11.9. The Labute approximate surface area is 192 Å². The molecule has 0 aliphatic heterocycles. The van der Waals surface area contributed by atoms with Gasteiger partial charge >= 0.3 is 0 Å². The number of carbonyl (C=O) groups excluding carboxylic acids is 2. The minimum Gasteiger partial charge on any atom is -0.478 e. The van der Waals surface area contributed by atoms with E-state index >= 15 is 0 Å². The van der Waals surface area contributed by atoms with Gasteiger partial charge < -0.3 is 4.74 Å². The van der Waals surface area contributed by atoms with Crippen molar-refractivity contribution in [3.8, 4) is 5.75 Å². The number of hydrogen-bond donors (Lipinski definition) is 2. The van der Waals surface area contributed by atoms with Gasteiger partial charge in [0.05, 0.1) is 17.1 Å². The highest BCUT2D eigenvalue weighted by Crippen LogP contribution is 2.29. The molecule has 2 aromatic heterocycles. The molecule has 1 unspecified atom stereocenters. The topological polar surface area (TPSA) is 85.3 Å². The molecule has 0 aliphatic rings. The molecule has 0 spiro atoms. The van der Waals surface area contributed by atoms with Crippen LogP contribution in [-0.4, -0.2) is 27.7 Å². The Morgan fingerprint density at radius 1 is 1.12 bits per heavy atom. The zero-order chi connectivity index (χ0) is 23.5. The first-order chi connectivity index (χ1) is 15.8. The SMILES string of the molecule is Cc1nn(Cc2ccc(F)cc2)c2sc(C(=O)NNC(=O)C(C)Oc3ccccc3F)cc12. The van der Waals surface area contributed by atoms with Crippen molar-refractivity contribution in [1.82, 2.24) is 20.6 Å². The molecule has 0 saturated heterocycles. The summed E-state index contributed by atoms with van der Waals surface area (Å²) in [7, 11) is 0. The summed E-state index contributed by atoms with van der Waals surface area (Å²) >= 11 is 1.22. The van der Waals surface area contributed by atoms with Gasteiger partial charge in [0.1, 0.15) is 10.6 Å². The van der Waals surface area contributed by atoms with Crippen LogP contribution in [0.15, 0.2) is 54.6 Å². The standard InChI is InChI=1S/C23H20F2N4O3S/c1-13-17-11-20(33-23(17)29(28-13)12-15-7-9-16(24)10-8-15)22(31)27-26-21(30)14(2)32-19-6-4-3-5-18(19)25/h3-11,14H,12H2,1-2H3,(H,26,30)(H,27,31). The van der Waals surface area contributed by atoms with Crippen molar-refractivity contribution in [2.45, 2.75) is 26.5 Å². The maximum Gasteiger partial charge on any atom is 0.279 e. The molecule has 10 heteroatoms. The number of benzene rings is 2. The molecule has 7 nitrogen and oxygen atoms in total. The Balaban J connectivity index is 1.41. The number of hydrazine groups is 1. The molecule has 0 saturated carbocycles. The molecule has 2 heterocycles. The van der Waals surface area contributed by atoms with Crippen LogP contribution in [-0.2, 0) is 11.3 Å².